The Bertz CT molecular complexity index is 477. The smallest absolute Gasteiger partial charge is 0.123 e. The first-order valence-electron chi connectivity index (χ1n) is 8.04. The summed E-state index contributed by atoms with van der Waals surface area (Å²) >= 11 is 0. The van der Waals surface area contributed by atoms with E-state index in [1.807, 2.05) is 6.07 Å². The predicted octanol–water partition coefficient (Wildman–Crippen LogP) is 4.20. The third kappa shape index (κ3) is 4.44. The fraction of sp³-hybridized carbons (Fsp3) is 0.667. The van der Waals surface area contributed by atoms with Crippen molar-refractivity contribution in [2.75, 3.05) is 18.0 Å². The van der Waals surface area contributed by atoms with Gasteiger partial charge in [0.25, 0.3) is 0 Å². The largest absolute Gasteiger partial charge is 0.371 e. The lowest BCUT2D eigenvalue weighted by Gasteiger charge is -2.26. The Morgan fingerprint density at radius 1 is 1.33 bits per heavy atom. The summed E-state index contributed by atoms with van der Waals surface area (Å²) in [5.74, 6) is 1.31. The minimum absolute atomic E-state index is 0.0368. The summed E-state index contributed by atoms with van der Waals surface area (Å²) in [5.41, 5.74) is 2.29. The molecule has 2 nitrogen and oxygen atoms in total. The molecule has 0 aliphatic carbocycles. The van der Waals surface area contributed by atoms with Gasteiger partial charge >= 0.3 is 0 Å². The first kappa shape index (κ1) is 16.3. The molecule has 0 aromatic heterocycles. The van der Waals surface area contributed by atoms with Gasteiger partial charge in [0.2, 0.25) is 0 Å². The lowest BCUT2D eigenvalue weighted by atomic mass is 9.95. The highest BCUT2D eigenvalue weighted by Crippen LogP contribution is 2.31. The molecule has 1 aliphatic rings. The molecule has 118 valence electrons. The highest BCUT2D eigenvalue weighted by molar-refractivity contribution is 5.54. The van der Waals surface area contributed by atoms with E-state index in [2.05, 4.69) is 44.8 Å². The average Bonchev–Trinajstić information content (AvgIpc) is 2.85. The van der Waals surface area contributed by atoms with Gasteiger partial charge in [0.1, 0.15) is 5.82 Å². The van der Waals surface area contributed by atoms with Gasteiger partial charge in [-0.15, -0.1) is 0 Å². The normalized spacial score (nSPS) is 19.6. The van der Waals surface area contributed by atoms with E-state index in [9.17, 15) is 4.39 Å². The number of benzene rings is 1. The molecule has 0 saturated carbocycles. The van der Waals surface area contributed by atoms with Crippen molar-refractivity contribution in [3.8, 4) is 0 Å². The summed E-state index contributed by atoms with van der Waals surface area (Å²) in [6.07, 6.45) is 1.24. The van der Waals surface area contributed by atoms with Crippen molar-refractivity contribution < 1.29 is 4.39 Å². The van der Waals surface area contributed by atoms with Crippen molar-refractivity contribution in [2.24, 2.45) is 11.8 Å². The quantitative estimate of drug-likeness (QED) is 0.895. The Morgan fingerprint density at radius 2 is 2.05 bits per heavy atom. The van der Waals surface area contributed by atoms with Gasteiger partial charge in [-0.25, -0.2) is 4.39 Å². The van der Waals surface area contributed by atoms with Crippen molar-refractivity contribution in [1.82, 2.24) is 5.32 Å². The number of halogens is 1. The molecule has 1 saturated heterocycles. The lowest BCUT2D eigenvalue weighted by molar-refractivity contribution is 0.420. The van der Waals surface area contributed by atoms with Gasteiger partial charge in [0, 0.05) is 30.9 Å². The van der Waals surface area contributed by atoms with Crippen molar-refractivity contribution in [1.29, 1.82) is 0 Å². The van der Waals surface area contributed by atoms with Crippen molar-refractivity contribution in [3.63, 3.8) is 0 Å². The highest BCUT2D eigenvalue weighted by atomic mass is 19.1. The average molecular weight is 292 g/mol. The number of nitrogens with zero attached hydrogens (tertiary/aromatic N) is 1. The molecule has 0 radical (unpaired) electrons. The maximum atomic E-state index is 13.6. The van der Waals surface area contributed by atoms with Crippen LogP contribution in [-0.2, 0) is 6.54 Å². The van der Waals surface area contributed by atoms with Gasteiger partial charge in [-0.3, -0.25) is 0 Å². The first-order valence-corrected chi connectivity index (χ1v) is 8.04. The van der Waals surface area contributed by atoms with Crippen LogP contribution >= 0.6 is 0 Å². The van der Waals surface area contributed by atoms with Gasteiger partial charge in [-0.2, -0.15) is 0 Å². The topological polar surface area (TPSA) is 15.3 Å². The van der Waals surface area contributed by atoms with Gasteiger partial charge in [-0.05, 0) is 62.8 Å². The maximum absolute atomic E-state index is 13.6. The second-order valence-corrected chi connectivity index (χ2v) is 7.62. The van der Waals surface area contributed by atoms with Crippen LogP contribution in [-0.4, -0.2) is 18.6 Å². The zero-order chi connectivity index (χ0) is 15.6. The van der Waals surface area contributed by atoms with Crippen LogP contribution in [0.2, 0.25) is 0 Å². The number of nitrogens with one attached hydrogen (secondary N) is 1. The Hall–Kier alpha value is -1.09. The Kier molecular flexibility index (Phi) is 4.92. The first-order chi connectivity index (χ1) is 9.76. The molecule has 1 aliphatic heterocycles. The van der Waals surface area contributed by atoms with Crippen LogP contribution in [0.15, 0.2) is 18.2 Å². The molecule has 1 aromatic carbocycles. The minimum atomic E-state index is -0.149. The Morgan fingerprint density at radius 3 is 2.62 bits per heavy atom. The van der Waals surface area contributed by atoms with Crippen LogP contribution in [0.1, 0.15) is 46.6 Å². The van der Waals surface area contributed by atoms with Gasteiger partial charge in [0.15, 0.2) is 0 Å². The molecule has 1 N–H and O–H groups in total. The molecule has 1 fully saturated rings. The molecule has 1 atom stereocenters. The second kappa shape index (κ2) is 6.35. The van der Waals surface area contributed by atoms with E-state index in [1.54, 1.807) is 12.1 Å². The molecule has 1 unspecified atom stereocenters. The zero-order valence-corrected chi connectivity index (χ0v) is 14.0. The fourth-order valence-electron chi connectivity index (χ4n) is 2.91. The standard InChI is InChI=1S/C18H29FN2/c1-13(2)14-8-9-21(12-14)17-7-6-16(19)10-15(17)11-20-18(3,4)5/h6-7,10,13-14,20H,8-9,11-12H2,1-5H3. The second-order valence-electron chi connectivity index (χ2n) is 7.62. The maximum Gasteiger partial charge on any atom is 0.123 e. The van der Waals surface area contributed by atoms with Crippen LogP contribution in [0, 0.1) is 17.7 Å². The van der Waals surface area contributed by atoms with Crippen molar-refractivity contribution >= 4 is 5.69 Å². The van der Waals surface area contributed by atoms with Crippen LogP contribution in [0.5, 0.6) is 0 Å². The number of rotatable bonds is 4. The van der Waals surface area contributed by atoms with E-state index in [-0.39, 0.29) is 11.4 Å². The van der Waals surface area contributed by atoms with Crippen LogP contribution < -0.4 is 10.2 Å². The molecule has 1 heterocycles. The van der Waals surface area contributed by atoms with E-state index < -0.39 is 0 Å². The fourth-order valence-corrected chi connectivity index (χ4v) is 2.91. The van der Waals surface area contributed by atoms with Crippen molar-refractivity contribution in [2.45, 2.75) is 53.1 Å². The molecular formula is C18H29FN2. The van der Waals surface area contributed by atoms with Crippen molar-refractivity contribution in [3.05, 3.63) is 29.6 Å². The zero-order valence-electron chi connectivity index (χ0n) is 14.0. The summed E-state index contributed by atoms with van der Waals surface area (Å²) < 4.78 is 13.6. The third-order valence-electron chi connectivity index (χ3n) is 4.36. The summed E-state index contributed by atoms with van der Waals surface area (Å²) in [4.78, 5) is 2.42. The molecule has 1 aromatic rings. The van der Waals surface area contributed by atoms with Gasteiger partial charge in [-0.1, -0.05) is 13.8 Å². The molecule has 0 spiro atoms. The van der Waals surface area contributed by atoms with E-state index in [4.69, 9.17) is 0 Å². The monoisotopic (exact) mass is 292 g/mol. The molecule has 0 amide bonds. The predicted molar refractivity (Wildman–Crippen MR) is 88.2 cm³/mol. The van der Waals surface area contributed by atoms with E-state index in [0.717, 1.165) is 24.6 Å². The SMILES string of the molecule is CC(C)C1CCN(c2ccc(F)cc2CNC(C)(C)C)C1. The van der Waals surface area contributed by atoms with E-state index in [0.29, 0.717) is 12.5 Å². The number of hydrogen-bond donors (Lipinski definition) is 1. The van der Waals surface area contributed by atoms with Gasteiger partial charge < -0.3 is 10.2 Å². The van der Waals surface area contributed by atoms with E-state index in [1.165, 1.54) is 12.1 Å². The summed E-state index contributed by atoms with van der Waals surface area (Å²) in [5, 5.41) is 3.47. The summed E-state index contributed by atoms with van der Waals surface area (Å²) in [7, 11) is 0. The lowest BCUT2D eigenvalue weighted by Crippen LogP contribution is -2.35. The van der Waals surface area contributed by atoms with Crippen LogP contribution in [0.4, 0.5) is 10.1 Å². The summed E-state index contributed by atoms with van der Waals surface area (Å²) in [6.45, 7) is 13.9. The molecule has 3 heteroatoms. The minimum Gasteiger partial charge on any atom is -0.371 e. The van der Waals surface area contributed by atoms with Crippen LogP contribution in [0.25, 0.3) is 0 Å². The highest BCUT2D eigenvalue weighted by Gasteiger charge is 2.26. The summed E-state index contributed by atoms with van der Waals surface area (Å²) in [6, 6.07) is 5.20. The molecule has 21 heavy (non-hydrogen) atoms. The molecular weight excluding hydrogens is 263 g/mol. The Balaban J connectivity index is 2.15. The van der Waals surface area contributed by atoms with Gasteiger partial charge in [0.05, 0.1) is 0 Å². The molecule has 2 rings (SSSR count). The third-order valence-corrected chi connectivity index (χ3v) is 4.36. The van der Waals surface area contributed by atoms with E-state index >= 15 is 0 Å². The number of hydrogen-bond acceptors (Lipinski definition) is 2. The molecule has 0 bridgehead atoms. The number of anilines is 1. The Labute approximate surface area is 128 Å². The van der Waals surface area contributed by atoms with Crippen LogP contribution in [0.3, 0.4) is 0 Å².